The van der Waals surface area contributed by atoms with Crippen molar-refractivity contribution in [3.63, 3.8) is 0 Å². The molecule has 0 spiro atoms. The van der Waals surface area contributed by atoms with Crippen molar-refractivity contribution in [2.45, 2.75) is 113 Å². The molecule has 16 nitrogen and oxygen atoms in total. The van der Waals surface area contributed by atoms with E-state index in [2.05, 4.69) is 5.32 Å². The first-order valence-corrected chi connectivity index (χ1v) is 19.4. The van der Waals surface area contributed by atoms with E-state index in [1.54, 1.807) is 81.4 Å². The standard InChI is InChI=1S/C42H51NO15/c1-25(44)56-42-23-29(55-34(47)27-14-10-7-11-15-27)28-21-40(37(49)51-5)16-17-41(22-28,36(40)53-19-18-52-31(45)20-30(42)54-24-42)57-35(48)33(46)32(26-12-8-6-9-13-26)43-38(50)58-39(2,3)4/h6-15,28-30,32-33,36,46H,16-24H2,1-5H3,(H,43,50). The van der Waals surface area contributed by atoms with Crippen molar-refractivity contribution in [1.29, 1.82) is 0 Å². The van der Waals surface area contributed by atoms with E-state index in [0.717, 1.165) is 0 Å². The van der Waals surface area contributed by atoms with Crippen molar-refractivity contribution in [2.24, 2.45) is 11.3 Å². The van der Waals surface area contributed by atoms with Crippen LogP contribution in [0.25, 0.3) is 0 Å². The van der Waals surface area contributed by atoms with Gasteiger partial charge in [0.25, 0.3) is 0 Å². The molecule has 2 saturated carbocycles. The van der Waals surface area contributed by atoms with Gasteiger partial charge >= 0.3 is 35.9 Å². The highest BCUT2D eigenvalue weighted by Gasteiger charge is 2.70. The molecule has 3 aliphatic heterocycles. The molecule has 5 fully saturated rings. The van der Waals surface area contributed by atoms with E-state index >= 15 is 0 Å². The maximum atomic E-state index is 14.4. The lowest BCUT2D eigenvalue weighted by atomic mass is 9.64. The summed E-state index contributed by atoms with van der Waals surface area (Å²) in [6.45, 7) is 5.63. The summed E-state index contributed by atoms with van der Waals surface area (Å²) in [4.78, 5) is 80.9. The summed E-state index contributed by atoms with van der Waals surface area (Å²) in [5.74, 6) is -4.64. The Kier molecular flexibility index (Phi) is 12.5. The van der Waals surface area contributed by atoms with Crippen molar-refractivity contribution in [2.75, 3.05) is 26.9 Å². The molecule has 9 unspecified atom stereocenters. The number of aliphatic hydroxyl groups is 1. The Morgan fingerprint density at radius 2 is 1.57 bits per heavy atom. The number of benzene rings is 2. The zero-order valence-electron chi connectivity index (χ0n) is 33.3. The van der Waals surface area contributed by atoms with Crippen molar-refractivity contribution in [3.8, 4) is 0 Å². The van der Waals surface area contributed by atoms with Crippen LogP contribution in [0, 0.1) is 11.3 Å². The minimum atomic E-state index is -1.99. The van der Waals surface area contributed by atoms with Gasteiger partial charge in [0.15, 0.2) is 11.7 Å². The number of ether oxygens (including phenoxy) is 8. The van der Waals surface area contributed by atoms with Gasteiger partial charge in [0.05, 0.1) is 43.8 Å². The second kappa shape index (κ2) is 17.0. The first-order chi connectivity index (χ1) is 27.5. The number of methoxy groups -OCH3 is 1. The Bertz CT molecular complexity index is 1850. The number of hydrogen-bond donors (Lipinski definition) is 2. The number of rotatable bonds is 9. The third-order valence-corrected chi connectivity index (χ3v) is 11.3. The number of carbonyl (C=O) groups excluding carboxylic acids is 6. The Morgan fingerprint density at radius 3 is 2.19 bits per heavy atom. The predicted molar refractivity (Wildman–Crippen MR) is 200 cm³/mol. The summed E-state index contributed by atoms with van der Waals surface area (Å²) >= 11 is 0. The Morgan fingerprint density at radius 1 is 0.879 bits per heavy atom. The molecule has 0 radical (unpaired) electrons. The lowest BCUT2D eigenvalue weighted by Crippen LogP contribution is -2.65. The largest absolute Gasteiger partial charge is 0.469 e. The molecule has 4 bridgehead atoms. The Hall–Kier alpha value is -5.06. The van der Waals surface area contributed by atoms with E-state index in [9.17, 15) is 33.9 Å². The second-order valence-corrected chi connectivity index (χ2v) is 16.4. The number of fused-ring (bicyclic) bond motifs is 6. The fourth-order valence-corrected chi connectivity index (χ4v) is 8.86. The van der Waals surface area contributed by atoms with E-state index in [-0.39, 0.29) is 63.9 Å². The van der Waals surface area contributed by atoms with Crippen LogP contribution in [-0.2, 0) is 57.1 Å². The van der Waals surface area contributed by atoms with Crippen LogP contribution in [-0.4, -0.2) is 109 Å². The zero-order valence-corrected chi connectivity index (χ0v) is 33.3. The van der Waals surface area contributed by atoms with Gasteiger partial charge in [-0.05, 0) is 64.2 Å². The average Bonchev–Trinajstić information content (AvgIpc) is 3.35. The third kappa shape index (κ3) is 8.98. The predicted octanol–water partition coefficient (Wildman–Crippen LogP) is 3.91. The van der Waals surface area contributed by atoms with Gasteiger partial charge in [0.2, 0.25) is 0 Å². The molecular formula is C42H51NO15. The molecule has 58 heavy (non-hydrogen) atoms. The monoisotopic (exact) mass is 809 g/mol. The van der Waals surface area contributed by atoms with Gasteiger partial charge in [0, 0.05) is 19.3 Å². The van der Waals surface area contributed by atoms with Crippen molar-refractivity contribution < 1.29 is 71.8 Å². The van der Waals surface area contributed by atoms with Gasteiger partial charge in [-0.2, -0.15) is 0 Å². The molecule has 2 aromatic carbocycles. The number of carbonyl (C=O) groups is 6. The summed E-state index contributed by atoms with van der Waals surface area (Å²) in [5, 5.41) is 14.3. The maximum Gasteiger partial charge on any atom is 0.408 e. The van der Waals surface area contributed by atoms with Crippen LogP contribution in [0.5, 0.6) is 0 Å². The topological polar surface area (TPSA) is 209 Å². The molecule has 314 valence electrons. The number of nitrogens with one attached hydrogen (secondary N) is 1. The van der Waals surface area contributed by atoms with Crippen molar-refractivity contribution in [1.82, 2.24) is 5.32 Å². The summed E-state index contributed by atoms with van der Waals surface area (Å²) in [6, 6.07) is 15.2. The first kappa shape index (κ1) is 42.5. The highest BCUT2D eigenvalue weighted by molar-refractivity contribution is 5.89. The molecule has 2 aliphatic carbocycles. The molecule has 5 aliphatic rings. The zero-order chi connectivity index (χ0) is 41.9. The molecule has 3 saturated heterocycles. The lowest BCUT2D eigenvalue weighted by molar-refractivity contribution is -0.268. The SMILES string of the molecule is COC(=O)C12CCC3(OC(=O)C(O)C(NC(=O)OC(C)(C)C)c4ccccc4)CC(C1)C(OC(=O)c1ccccc1)CC1(OC(C)=O)COC1CC(=O)OCCOC32. The summed E-state index contributed by atoms with van der Waals surface area (Å²) in [6.07, 6.45) is -6.41. The maximum absolute atomic E-state index is 14.4. The minimum Gasteiger partial charge on any atom is -0.469 e. The first-order valence-electron chi connectivity index (χ1n) is 19.4. The number of esters is 5. The molecule has 3 heterocycles. The third-order valence-electron chi connectivity index (χ3n) is 11.3. The lowest BCUT2D eigenvalue weighted by Gasteiger charge is -2.52. The van der Waals surface area contributed by atoms with Gasteiger partial charge in [-0.3, -0.25) is 14.4 Å². The molecule has 9 atom stereocenters. The van der Waals surface area contributed by atoms with Gasteiger partial charge in [-0.15, -0.1) is 0 Å². The highest BCUT2D eigenvalue weighted by Crippen LogP contribution is 2.61. The van der Waals surface area contributed by atoms with Crippen LogP contribution in [0.4, 0.5) is 4.79 Å². The van der Waals surface area contributed by atoms with E-state index in [1.807, 2.05) is 0 Å². The van der Waals surface area contributed by atoms with Gasteiger partial charge in [0.1, 0.15) is 36.1 Å². The van der Waals surface area contributed by atoms with E-state index in [1.165, 1.54) is 14.0 Å². The number of amides is 1. The molecule has 7 rings (SSSR count). The molecule has 2 N–H and O–H groups in total. The normalized spacial score (nSPS) is 30.4. The van der Waals surface area contributed by atoms with Crippen molar-refractivity contribution in [3.05, 3.63) is 71.8 Å². The van der Waals surface area contributed by atoms with Gasteiger partial charge in [-0.25, -0.2) is 14.4 Å². The summed E-state index contributed by atoms with van der Waals surface area (Å²) in [5.41, 5.74) is -4.86. The molecule has 16 heteroatoms. The number of hydrogen-bond acceptors (Lipinski definition) is 15. The van der Waals surface area contributed by atoms with Crippen molar-refractivity contribution >= 4 is 35.9 Å². The average molecular weight is 810 g/mol. The van der Waals surface area contributed by atoms with E-state index < -0.39 is 94.5 Å². The van der Waals surface area contributed by atoms with Crippen LogP contribution in [0.3, 0.4) is 0 Å². The van der Waals surface area contributed by atoms with Crippen LogP contribution in [0.1, 0.15) is 88.2 Å². The summed E-state index contributed by atoms with van der Waals surface area (Å²) in [7, 11) is 1.22. The van der Waals surface area contributed by atoms with E-state index in [4.69, 9.17) is 37.9 Å². The van der Waals surface area contributed by atoms with Crippen LogP contribution in [0.15, 0.2) is 60.7 Å². The molecule has 0 aromatic heterocycles. The Balaban J connectivity index is 1.42. The minimum absolute atomic E-state index is 0.0350. The van der Waals surface area contributed by atoms with Crippen LogP contribution >= 0.6 is 0 Å². The van der Waals surface area contributed by atoms with E-state index in [0.29, 0.717) is 5.56 Å². The molecule has 2 aromatic rings. The molecule has 1 amide bonds. The Labute approximate surface area is 336 Å². The highest BCUT2D eigenvalue weighted by atomic mass is 16.6. The quantitative estimate of drug-likeness (QED) is 0.272. The number of alkyl carbamates (subject to hydrolysis) is 1. The fraction of sp³-hybridized carbons (Fsp3) is 0.571. The smallest absolute Gasteiger partial charge is 0.408 e. The van der Waals surface area contributed by atoms with Gasteiger partial charge in [-0.1, -0.05) is 48.5 Å². The second-order valence-electron chi connectivity index (χ2n) is 16.4. The van der Waals surface area contributed by atoms with Gasteiger partial charge < -0.3 is 48.3 Å². The molecular weight excluding hydrogens is 758 g/mol. The number of aliphatic hydroxyl groups excluding tert-OH is 1. The van der Waals surface area contributed by atoms with Crippen LogP contribution in [0.2, 0.25) is 0 Å². The fourth-order valence-electron chi connectivity index (χ4n) is 8.86. The van der Waals surface area contributed by atoms with Crippen LogP contribution < -0.4 is 5.32 Å². The summed E-state index contributed by atoms with van der Waals surface area (Å²) < 4.78 is 46.9.